The summed E-state index contributed by atoms with van der Waals surface area (Å²) < 4.78 is 45.6. The Bertz CT molecular complexity index is 1700. The van der Waals surface area contributed by atoms with Crippen molar-refractivity contribution in [1.82, 2.24) is 9.62 Å². The molecule has 0 saturated heterocycles. The molecule has 246 valence electrons. The zero-order valence-electron chi connectivity index (χ0n) is 27.7. The molecule has 0 bridgehead atoms. The van der Waals surface area contributed by atoms with Crippen LogP contribution in [0.5, 0.6) is 11.5 Å². The molecule has 0 fully saturated rings. The minimum Gasteiger partial charge on any atom is -0.493 e. The topological polar surface area (TPSA) is 106 Å². The summed E-state index contributed by atoms with van der Waals surface area (Å²) in [5.74, 6) is 0.936. The lowest BCUT2D eigenvalue weighted by Gasteiger charge is -2.43. The molecule has 2 N–H and O–H groups in total. The van der Waals surface area contributed by atoms with E-state index in [0.29, 0.717) is 48.9 Å². The smallest absolute Gasteiger partial charge is 0.256 e. The molecule has 5 rings (SSSR count). The average molecular weight is 664 g/mol. The largest absolute Gasteiger partial charge is 0.493 e. The molecule has 2 heterocycles. The first-order valence-electron chi connectivity index (χ1n) is 15.6. The van der Waals surface area contributed by atoms with Gasteiger partial charge < -0.3 is 24.1 Å². The van der Waals surface area contributed by atoms with Crippen molar-refractivity contribution < 1.29 is 27.1 Å². The highest BCUT2D eigenvalue weighted by atomic mass is 32.2. The number of methoxy groups -OCH3 is 1. The Kier molecular flexibility index (Phi) is 9.69. The van der Waals surface area contributed by atoms with Crippen LogP contribution in [0.1, 0.15) is 48.7 Å². The first-order valence-corrected chi connectivity index (χ1v) is 20.0. The van der Waals surface area contributed by atoms with Crippen molar-refractivity contribution in [2.75, 3.05) is 32.6 Å². The van der Waals surface area contributed by atoms with Crippen LogP contribution in [0, 0.1) is 0 Å². The number of carbonyl (C=O) groups is 1. The summed E-state index contributed by atoms with van der Waals surface area (Å²) >= 11 is 0. The van der Waals surface area contributed by atoms with Gasteiger partial charge in [-0.05, 0) is 66.5 Å². The zero-order valence-corrected chi connectivity index (χ0v) is 29.5. The van der Waals surface area contributed by atoms with Gasteiger partial charge in [-0.1, -0.05) is 69.3 Å². The van der Waals surface area contributed by atoms with Crippen molar-refractivity contribution in [1.29, 1.82) is 0 Å². The van der Waals surface area contributed by atoms with Crippen molar-refractivity contribution in [2.24, 2.45) is 0 Å². The standard InChI is InChI=1S/C35H45N3O6SSi/c1-35(2,3)46(6,7)44-23-28-18-26(25-13-15-29(16-14-25)45(40,41)36-4)17-27-21-37-31-20-33(43-22-24-11-9-8-10-12-24)32(42-5)19-30(31)34(39)38(27)28/h8-17,19-20,27-28,36-37H,18,21-23H2,1-7H3/t27?,28-/m0/s1. The van der Waals surface area contributed by atoms with E-state index in [9.17, 15) is 13.2 Å². The molecule has 11 heteroatoms. The number of hydrogen-bond acceptors (Lipinski definition) is 7. The molecule has 2 aliphatic heterocycles. The van der Waals surface area contributed by atoms with Crippen molar-refractivity contribution in [3.8, 4) is 11.5 Å². The van der Waals surface area contributed by atoms with Gasteiger partial charge in [0.15, 0.2) is 19.8 Å². The molecule has 0 saturated carbocycles. The molecule has 0 spiro atoms. The van der Waals surface area contributed by atoms with Gasteiger partial charge in [-0.3, -0.25) is 4.79 Å². The van der Waals surface area contributed by atoms with E-state index in [4.69, 9.17) is 13.9 Å². The number of ether oxygens (including phenoxy) is 2. The van der Waals surface area contributed by atoms with Crippen LogP contribution in [0.2, 0.25) is 18.1 Å². The van der Waals surface area contributed by atoms with E-state index in [1.807, 2.05) is 53.4 Å². The Labute approximate surface area is 274 Å². The highest BCUT2D eigenvalue weighted by Crippen LogP contribution is 2.41. The number of nitrogens with one attached hydrogen (secondary N) is 2. The first kappa shape index (κ1) is 33.7. The molecule has 1 amide bonds. The van der Waals surface area contributed by atoms with Crippen molar-refractivity contribution in [3.05, 3.63) is 89.5 Å². The maximum Gasteiger partial charge on any atom is 0.256 e. The van der Waals surface area contributed by atoms with E-state index in [0.717, 1.165) is 16.7 Å². The van der Waals surface area contributed by atoms with Crippen molar-refractivity contribution >= 4 is 35.5 Å². The lowest BCUT2D eigenvalue weighted by molar-refractivity contribution is 0.0541. The van der Waals surface area contributed by atoms with Gasteiger partial charge in [-0.25, -0.2) is 13.1 Å². The lowest BCUT2D eigenvalue weighted by atomic mass is 9.90. The summed E-state index contributed by atoms with van der Waals surface area (Å²) in [7, 11) is -2.71. The van der Waals surface area contributed by atoms with Crippen LogP contribution >= 0.6 is 0 Å². The third kappa shape index (κ3) is 7.02. The van der Waals surface area contributed by atoms with E-state index in [-0.39, 0.29) is 27.9 Å². The normalized spacial score (nSPS) is 18.5. The van der Waals surface area contributed by atoms with Crippen LogP contribution in [0.3, 0.4) is 0 Å². The quantitative estimate of drug-likeness (QED) is 0.246. The predicted octanol–water partition coefficient (Wildman–Crippen LogP) is 6.30. The molecule has 3 aromatic carbocycles. The van der Waals surface area contributed by atoms with E-state index < -0.39 is 18.3 Å². The van der Waals surface area contributed by atoms with Gasteiger partial charge in [0.05, 0.1) is 41.9 Å². The highest BCUT2D eigenvalue weighted by molar-refractivity contribution is 7.89. The number of sulfonamides is 1. The number of carbonyl (C=O) groups excluding carboxylic acids is 1. The number of amides is 1. The average Bonchev–Trinajstić information content (AvgIpc) is 3.17. The SMILES string of the molecule is CNS(=O)(=O)c1ccc(C2=CC3CNc4cc(OCc5ccccc5)c(OC)cc4C(=O)N3[C@H](CO[Si](C)(C)C(C)(C)C)C2)cc1. The number of fused-ring (bicyclic) bond motifs is 2. The van der Waals surface area contributed by atoms with Gasteiger partial charge >= 0.3 is 0 Å². The fourth-order valence-electron chi connectivity index (χ4n) is 5.56. The number of hydrogen-bond donors (Lipinski definition) is 2. The van der Waals surface area contributed by atoms with Crippen molar-refractivity contribution in [3.63, 3.8) is 0 Å². The zero-order chi connectivity index (χ0) is 33.3. The Morgan fingerprint density at radius 2 is 1.72 bits per heavy atom. The summed E-state index contributed by atoms with van der Waals surface area (Å²) in [5.41, 5.74) is 4.19. The number of anilines is 1. The predicted molar refractivity (Wildman–Crippen MR) is 184 cm³/mol. The lowest BCUT2D eigenvalue weighted by Crippen LogP contribution is -2.53. The van der Waals surface area contributed by atoms with Crippen LogP contribution in [-0.2, 0) is 21.1 Å². The third-order valence-corrected chi connectivity index (χ3v) is 15.3. The van der Waals surface area contributed by atoms with Crippen LogP contribution in [-0.4, -0.2) is 66.9 Å². The Morgan fingerprint density at radius 1 is 1.02 bits per heavy atom. The van der Waals surface area contributed by atoms with Gasteiger partial charge in [0.25, 0.3) is 5.91 Å². The Hall–Kier alpha value is -3.64. The summed E-state index contributed by atoms with van der Waals surface area (Å²) in [5, 5.41) is 3.52. The molecular formula is C35H45N3O6SSi. The minimum absolute atomic E-state index is 0.00877. The van der Waals surface area contributed by atoms with Gasteiger partial charge in [-0.15, -0.1) is 0 Å². The second-order valence-electron chi connectivity index (χ2n) is 13.3. The second kappa shape index (κ2) is 13.2. The van der Waals surface area contributed by atoms with E-state index in [1.165, 1.54) is 7.05 Å². The molecule has 0 aliphatic carbocycles. The van der Waals surface area contributed by atoms with E-state index in [2.05, 4.69) is 50.0 Å². The van der Waals surface area contributed by atoms with Gasteiger partial charge in [-0.2, -0.15) is 0 Å². The molecule has 9 nitrogen and oxygen atoms in total. The molecule has 2 atom stereocenters. The summed E-state index contributed by atoms with van der Waals surface area (Å²) in [4.78, 5) is 16.6. The van der Waals surface area contributed by atoms with Gasteiger partial charge in [0, 0.05) is 12.6 Å². The molecule has 0 radical (unpaired) electrons. The van der Waals surface area contributed by atoms with Crippen LogP contribution in [0.15, 0.2) is 77.7 Å². The maximum atomic E-state index is 14.4. The van der Waals surface area contributed by atoms with E-state index >= 15 is 0 Å². The first-order chi connectivity index (χ1) is 21.7. The maximum absolute atomic E-state index is 14.4. The number of rotatable bonds is 10. The van der Waals surface area contributed by atoms with Crippen LogP contribution in [0.25, 0.3) is 5.57 Å². The molecule has 3 aromatic rings. The summed E-state index contributed by atoms with van der Waals surface area (Å²) in [6, 6.07) is 19.9. The molecular weight excluding hydrogens is 619 g/mol. The fraction of sp³-hybridized carbons (Fsp3) is 0.400. The second-order valence-corrected chi connectivity index (χ2v) is 20.0. The molecule has 46 heavy (non-hydrogen) atoms. The van der Waals surface area contributed by atoms with Gasteiger partial charge in [0.2, 0.25) is 10.0 Å². The molecule has 0 aromatic heterocycles. The summed E-state index contributed by atoms with van der Waals surface area (Å²) in [6.45, 7) is 12.3. The number of nitrogens with zero attached hydrogens (tertiary/aromatic N) is 1. The third-order valence-electron chi connectivity index (χ3n) is 9.35. The fourth-order valence-corrected chi connectivity index (χ4v) is 7.33. The minimum atomic E-state index is -3.55. The molecule has 1 unspecified atom stereocenters. The monoisotopic (exact) mass is 663 g/mol. The van der Waals surface area contributed by atoms with E-state index in [1.54, 1.807) is 25.3 Å². The highest BCUT2D eigenvalue weighted by Gasteiger charge is 2.42. The number of benzene rings is 3. The van der Waals surface area contributed by atoms with Crippen molar-refractivity contribution in [2.45, 2.75) is 68.9 Å². The van der Waals surface area contributed by atoms with Crippen LogP contribution < -0.4 is 19.5 Å². The summed E-state index contributed by atoms with van der Waals surface area (Å²) in [6.07, 6.45) is 2.69. The van der Waals surface area contributed by atoms with Crippen LogP contribution in [0.4, 0.5) is 5.69 Å². The molecule has 2 aliphatic rings. The Morgan fingerprint density at radius 3 is 2.35 bits per heavy atom. The van der Waals surface area contributed by atoms with Gasteiger partial charge in [0.1, 0.15) is 6.61 Å². The Balaban J connectivity index is 1.50.